The largest absolute Gasteiger partial charge is 0.469 e. The highest BCUT2D eigenvalue weighted by molar-refractivity contribution is 5.82. The van der Waals surface area contributed by atoms with E-state index in [4.69, 9.17) is 9.41 Å². The van der Waals surface area contributed by atoms with Crippen molar-refractivity contribution in [1.29, 1.82) is 0 Å². The molecule has 0 radical (unpaired) electrons. The van der Waals surface area contributed by atoms with E-state index in [1.807, 2.05) is 35.2 Å². The van der Waals surface area contributed by atoms with Gasteiger partial charge in [0.05, 0.1) is 18.8 Å². The van der Waals surface area contributed by atoms with Crippen LogP contribution in [-0.4, -0.2) is 78.4 Å². The molecule has 1 aromatic heterocycles. The number of piperazine rings is 1. The van der Waals surface area contributed by atoms with Crippen LogP contribution in [0.2, 0.25) is 0 Å². The molecule has 2 aliphatic rings. The number of benzene rings is 1. The second-order valence-corrected chi connectivity index (χ2v) is 8.61. The normalized spacial score (nSPS) is 18.7. The smallest absolute Gasteiger partial charge is 0.239 e. The summed E-state index contributed by atoms with van der Waals surface area (Å²) < 4.78 is 5.46. The first-order valence-corrected chi connectivity index (χ1v) is 11.8. The van der Waals surface area contributed by atoms with Crippen molar-refractivity contribution >= 4 is 11.9 Å². The Labute approximate surface area is 191 Å². The molecular formula is C25H35N5O2. The van der Waals surface area contributed by atoms with Crippen LogP contribution in [0, 0.1) is 0 Å². The van der Waals surface area contributed by atoms with Crippen molar-refractivity contribution in [3.63, 3.8) is 0 Å². The van der Waals surface area contributed by atoms with Crippen molar-refractivity contribution in [3.05, 3.63) is 60.1 Å². The molecule has 0 bridgehead atoms. The van der Waals surface area contributed by atoms with Gasteiger partial charge in [0.15, 0.2) is 5.96 Å². The first-order chi connectivity index (χ1) is 15.7. The Morgan fingerprint density at radius 1 is 1.00 bits per heavy atom. The van der Waals surface area contributed by atoms with Gasteiger partial charge in [-0.3, -0.25) is 9.69 Å². The first-order valence-electron chi connectivity index (χ1n) is 11.8. The molecule has 3 heterocycles. The van der Waals surface area contributed by atoms with Crippen molar-refractivity contribution in [1.82, 2.24) is 20.0 Å². The Balaban J connectivity index is 1.34. The second kappa shape index (κ2) is 11.2. The highest BCUT2D eigenvalue weighted by Crippen LogP contribution is 2.14. The van der Waals surface area contributed by atoms with E-state index in [1.165, 1.54) is 5.56 Å². The molecule has 0 aliphatic carbocycles. The molecule has 2 saturated heterocycles. The summed E-state index contributed by atoms with van der Waals surface area (Å²) in [7, 11) is 0. The van der Waals surface area contributed by atoms with Crippen molar-refractivity contribution < 1.29 is 9.21 Å². The summed E-state index contributed by atoms with van der Waals surface area (Å²) in [4.78, 5) is 24.4. The fraction of sp³-hybridized carbons (Fsp3) is 0.520. The van der Waals surface area contributed by atoms with Gasteiger partial charge in [-0.05, 0) is 37.5 Å². The number of rotatable bonds is 7. The number of likely N-dealkylation sites (tertiary alicyclic amines) is 1. The summed E-state index contributed by atoms with van der Waals surface area (Å²) in [6.07, 6.45) is 4.80. The average Bonchev–Trinajstić information content (AvgIpc) is 3.56. The average molecular weight is 438 g/mol. The summed E-state index contributed by atoms with van der Waals surface area (Å²) in [5.41, 5.74) is 1.20. The number of hydrogen-bond acceptors (Lipinski definition) is 4. The third-order valence-electron chi connectivity index (χ3n) is 6.43. The molecule has 1 amide bonds. The lowest BCUT2D eigenvalue weighted by atomic mass is 10.2. The molecule has 0 saturated carbocycles. The van der Waals surface area contributed by atoms with E-state index in [2.05, 4.69) is 34.2 Å². The number of aliphatic imine (C=N–C) groups is 1. The van der Waals surface area contributed by atoms with Crippen LogP contribution in [0.1, 0.15) is 31.1 Å². The number of furan rings is 1. The third kappa shape index (κ3) is 5.91. The van der Waals surface area contributed by atoms with Gasteiger partial charge in [-0.15, -0.1) is 0 Å². The molecule has 4 rings (SSSR count). The quantitative estimate of drug-likeness (QED) is 0.533. The Kier molecular flexibility index (Phi) is 7.82. The summed E-state index contributed by atoms with van der Waals surface area (Å²) in [6.45, 7) is 8.76. The van der Waals surface area contributed by atoms with Crippen molar-refractivity contribution in [2.24, 2.45) is 4.99 Å². The van der Waals surface area contributed by atoms with E-state index in [0.717, 1.165) is 76.8 Å². The number of hydrogen-bond donors (Lipinski definition) is 1. The van der Waals surface area contributed by atoms with Crippen LogP contribution in [0.5, 0.6) is 0 Å². The van der Waals surface area contributed by atoms with Crippen LogP contribution in [0.15, 0.2) is 58.1 Å². The van der Waals surface area contributed by atoms with Crippen LogP contribution >= 0.6 is 0 Å². The summed E-state index contributed by atoms with van der Waals surface area (Å²) in [5, 5.41) is 3.53. The van der Waals surface area contributed by atoms with E-state index in [0.29, 0.717) is 6.54 Å². The fourth-order valence-corrected chi connectivity index (χ4v) is 4.45. The summed E-state index contributed by atoms with van der Waals surface area (Å²) >= 11 is 0. The Hall–Kier alpha value is -2.80. The molecule has 7 nitrogen and oxygen atoms in total. The lowest BCUT2D eigenvalue weighted by Crippen LogP contribution is -2.57. The minimum Gasteiger partial charge on any atom is -0.469 e. The van der Waals surface area contributed by atoms with Gasteiger partial charge < -0.3 is 19.5 Å². The number of nitrogens with one attached hydrogen (secondary N) is 1. The maximum absolute atomic E-state index is 12.8. The van der Waals surface area contributed by atoms with Crippen molar-refractivity contribution in [2.45, 2.75) is 38.8 Å². The number of carbonyl (C=O) groups is 1. The van der Waals surface area contributed by atoms with E-state index in [-0.39, 0.29) is 11.9 Å². The molecule has 2 aliphatic heterocycles. The fourth-order valence-electron chi connectivity index (χ4n) is 4.45. The van der Waals surface area contributed by atoms with Crippen LogP contribution in [0.25, 0.3) is 0 Å². The molecule has 7 heteroatoms. The third-order valence-corrected chi connectivity index (χ3v) is 6.43. The molecule has 172 valence electrons. The Morgan fingerprint density at radius 2 is 1.75 bits per heavy atom. The molecule has 1 aromatic carbocycles. The van der Waals surface area contributed by atoms with Crippen LogP contribution in [0.3, 0.4) is 0 Å². The van der Waals surface area contributed by atoms with E-state index >= 15 is 0 Å². The summed E-state index contributed by atoms with van der Waals surface area (Å²) in [6, 6.07) is 14.2. The lowest BCUT2D eigenvalue weighted by molar-refractivity contribution is -0.135. The van der Waals surface area contributed by atoms with Crippen molar-refractivity contribution in [3.8, 4) is 0 Å². The standard InChI is InChI=1S/C25H35N5O2/c1-21(24(31)29-13-5-6-14-29)28-15-17-30(18-16-28)25(26-12-11-23-10-7-19-32-23)27-20-22-8-3-2-4-9-22/h2-4,7-10,19,21H,5-6,11-18,20H2,1H3,(H,26,27). The number of nitrogens with zero attached hydrogens (tertiary/aromatic N) is 4. The zero-order chi connectivity index (χ0) is 22.2. The first kappa shape index (κ1) is 22.4. The summed E-state index contributed by atoms with van der Waals surface area (Å²) in [5.74, 6) is 2.18. The number of carbonyl (C=O) groups excluding carboxylic acids is 1. The number of amides is 1. The maximum Gasteiger partial charge on any atom is 0.239 e. The van der Waals surface area contributed by atoms with Gasteiger partial charge >= 0.3 is 0 Å². The highest BCUT2D eigenvalue weighted by atomic mass is 16.3. The van der Waals surface area contributed by atoms with Crippen molar-refractivity contribution in [2.75, 3.05) is 45.8 Å². The van der Waals surface area contributed by atoms with Gasteiger partial charge in [0.1, 0.15) is 5.76 Å². The lowest BCUT2D eigenvalue weighted by Gasteiger charge is -2.39. The van der Waals surface area contributed by atoms with Gasteiger partial charge in [0, 0.05) is 52.2 Å². The van der Waals surface area contributed by atoms with Gasteiger partial charge in [-0.2, -0.15) is 0 Å². The van der Waals surface area contributed by atoms with Gasteiger partial charge in [0.25, 0.3) is 0 Å². The van der Waals surface area contributed by atoms with Crippen LogP contribution in [-0.2, 0) is 17.8 Å². The van der Waals surface area contributed by atoms with Gasteiger partial charge in [0.2, 0.25) is 5.91 Å². The van der Waals surface area contributed by atoms with Gasteiger partial charge in [-0.1, -0.05) is 30.3 Å². The predicted molar refractivity (Wildman–Crippen MR) is 126 cm³/mol. The Bertz CT molecular complexity index is 854. The number of guanidine groups is 1. The van der Waals surface area contributed by atoms with Gasteiger partial charge in [-0.25, -0.2) is 4.99 Å². The monoisotopic (exact) mass is 437 g/mol. The minimum absolute atomic E-state index is 0.0492. The molecule has 1 atom stereocenters. The molecule has 1 N–H and O–H groups in total. The zero-order valence-corrected chi connectivity index (χ0v) is 19.1. The Morgan fingerprint density at radius 3 is 2.44 bits per heavy atom. The molecule has 2 fully saturated rings. The second-order valence-electron chi connectivity index (χ2n) is 8.61. The molecule has 1 unspecified atom stereocenters. The zero-order valence-electron chi connectivity index (χ0n) is 19.1. The van der Waals surface area contributed by atoms with E-state index in [9.17, 15) is 4.79 Å². The maximum atomic E-state index is 12.8. The predicted octanol–water partition coefficient (Wildman–Crippen LogP) is 2.60. The van der Waals surface area contributed by atoms with Crippen LogP contribution in [0.4, 0.5) is 0 Å². The molecule has 2 aromatic rings. The minimum atomic E-state index is -0.0492. The molecule has 0 spiro atoms. The van der Waals surface area contributed by atoms with E-state index < -0.39 is 0 Å². The molecular weight excluding hydrogens is 402 g/mol. The topological polar surface area (TPSA) is 64.3 Å². The van der Waals surface area contributed by atoms with E-state index in [1.54, 1.807) is 6.26 Å². The highest BCUT2D eigenvalue weighted by Gasteiger charge is 2.30. The molecule has 32 heavy (non-hydrogen) atoms. The van der Waals surface area contributed by atoms with Crippen LogP contribution < -0.4 is 5.32 Å². The SMILES string of the molecule is CC(C(=O)N1CCCC1)N1CCN(C(=NCc2ccccc2)NCCc2ccco2)CC1.